The van der Waals surface area contributed by atoms with Crippen molar-refractivity contribution in [3.8, 4) is 0 Å². The summed E-state index contributed by atoms with van der Waals surface area (Å²) in [5, 5.41) is 9.71. The lowest BCUT2D eigenvalue weighted by Gasteiger charge is -2.35. The molecule has 9 heteroatoms. The lowest BCUT2D eigenvalue weighted by atomic mass is 9.90. The van der Waals surface area contributed by atoms with Crippen molar-refractivity contribution in [3.05, 3.63) is 27.9 Å². The minimum absolute atomic E-state index is 0.0197. The van der Waals surface area contributed by atoms with Gasteiger partial charge in [0, 0.05) is 30.4 Å². The SMILES string of the molecule is C/C=C(/NC(=O)OC(C)(C)C)N(C)C1CCc2sc(NC(=O)C3CC3)c(C(=O)NCC3CC3)c2C1. The van der Waals surface area contributed by atoms with Gasteiger partial charge in [-0.25, -0.2) is 4.79 Å². The van der Waals surface area contributed by atoms with E-state index in [9.17, 15) is 14.4 Å². The second kappa shape index (κ2) is 10.2. The largest absolute Gasteiger partial charge is 0.444 e. The molecule has 35 heavy (non-hydrogen) atoms. The van der Waals surface area contributed by atoms with E-state index in [2.05, 4.69) is 20.9 Å². The predicted molar refractivity (Wildman–Crippen MR) is 137 cm³/mol. The van der Waals surface area contributed by atoms with Crippen molar-refractivity contribution < 1.29 is 19.1 Å². The zero-order chi connectivity index (χ0) is 25.3. The maximum atomic E-state index is 13.3. The number of fused-ring (bicyclic) bond motifs is 1. The third kappa shape index (κ3) is 6.57. The number of alkyl carbamates (subject to hydrolysis) is 1. The van der Waals surface area contributed by atoms with Crippen LogP contribution in [-0.4, -0.2) is 48.0 Å². The van der Waals surface area contributed by atoms with Crippen LogP contribution in [0.1, 0.15) is 80.6 Å². The van der Waals surface area contributed by atoms with Crippen LogP contribution in [0.3, 0.4) is 0 Å². The van der Waals surface area contributed by atoms with E-state index in [1.165, 1.54) is 4.88 Å². The summed E-state index contributed by atoms with van der Waals surface area (Å²) >= 11 is 1.54. The molecule has 0 spiro atoms. The van der Waals surface area contributed by atoms with Gasteiger partial charge in [-0.1, -0.05) is 0 Å². The van der Waals surface area contributed by atoms with Gasteiger partial charge in [-0.15, -0.1) is 11.3 Å². The number of hydrogen-bond donors (Lipinski definition) is 3. The number of carbonyl (C=O) groups excluding carboxylic acids is 3. The molecule has 0 aliphatic heterocycles. The molecule has 1 aromatic heterocycles. The third-order valence-electron chi connectivity index (χ3n) is 6.73. The van der Waals surface area contributed by atoms with E-state index in [0.717, 1.165) is 44.1 Å². The number of hydrogen-bond acceptors (Lipinski definition) is 6. The van der Waals surface area contributed by atoms with Crippen LogP contribution < -0.4 is 16.0 Å². The molecule has 3 amide bonds. The van der Waals surface area contributed by atoms with Gasteiger partial charge >= 0.3 is 6.09 Å². The number of amides is 3. The van der Waals surface area contributed by atoms with Crippen molar-refractivity contribution in [2.24, 2.45) is 11.8 Å². The van der Waals surface area contributed by atoms with Crippen molar-refractivity contribution >= 4 is 34.2 Å². The molecule has 1 heterocycles. The summed E-state index contributed by atoms with van der Waals surface area (Å²) < 4.78 is 5.42. The van der Waals surface area contributed by atoms with E-state index in [1.807, 2.05) is 40.8 Å². The van der Waals surface area contributed by atoms with E-state index in [0.29, 0.717) is 35.3 Å². The monoisotopic (exact) mass is 502 g/mol. The highest BCUT2D eigenvalue weighted by Crippen LogP contribution is 2.41. The van der Waals surface area contributed by atoms with Crippen LogP contribution in [-0.2, 0) is 22.4 Å². The second-order valence-corrected chi connectivity index (χ2v) is 12.0. The first kappa shape index (κ1) is 25.5. The quantitative estimate of drug-likeness (QED) is 0.489. The zero-order valence-electron chi connectivity index (χ0n) is 21.5. The first-order chi connectivity index (χ1) is 16.6. The Morgan fingerprint density at radius 3 is 2.46 bits per heavy atom. The van der Waals surface area contributed by atoms with Gasteiger partial charge in [-0.3, -0.25) is 14.9 Å². The van der Waals surface area contributed by atoms with Gasteiger partial charge in [0.2, 0.25) is 5.91 Å². The molecule has 192 valence electrons. The highest BCUT2D eigenvalue weighted by Gasteiger charge is 2.35. The summed E-state index contributed by atoms with van der Waals surface area (Å²) in [5.74, 6) is 1.25. The molecule has 2 saturated carbocycles. The zero-order valence-corrected chi connectivity index (χ0v) is 22.3. The number of allylic oxidation sites excluding steroid dienone is 1. The Balaban J connectivity index is 1.51. The topological polar surface area (TPSA) is 99.8 Å². The Bertz CT molecular complexity index is 1020. The number of rotatable bonds is 8. The summed E-state index contributed by atoms with van der Waals surface area (Å²) in [4.78, 5) is 41.4. The van der Waals surface area contributed by atoms with E-state index < -0.39 is 11.7 Å². The number of thiophene rings is 1. The van der Waals surface area contributed by atoms with Gasteiger partial charge in [0.15, 0.2) is 0 Å². The van der Waals surface area contributed by atoms with Crippen LogP contribution in [0.4, 0.5) is 9.80 Å². The molecule has 3 aliphatic carbocycles. The van der Waals surface area contributed by atoms with Crippen LogP contribution >= 0.6 is 11.3 Å². The smallest absolute Gasteiger partial charge is 0.413 e. The van der Waals surface area contributed by atoms with Gasteiger partial charge in [-0.2, -0.15) is 0 Å². The number of nitrogens with zero attached hydrogens (tertiary/aromatic N) is 1. The number of anilines is 1. The van der Waals surface area contributed by atoms with Crippen molar-refractivity contribution in [2.75, 3.05) is 18.9 Å². The fourth-order valence-corrected chi connectivity index (χ4v) is 5.64. The van der Waals surface area contributed by atoms with Crippen LogP contribution in [0.25, 0.3) is 0 Å². The Morgan fingerprint density at radius 1 is 1.14 bits per heavy atom. The Morgan fingerprint density at radius 2 is 1.86 bits per heavy atom. The Labute approximate surface area is 211 Å². The average molecular weight is 503 g/mol. The maximum absolute atomic E-state index is 13.3. The lowest BCUT2D eigenvalue weighted by Crippen LogP contribution is -2.43. The number of ether oxygens (including phenoxy) is 1. The summed E-state index contributed by atoms with van der Waals surface area (Å²) in [6.45, 7) is 8.07. The summed E-state index contributed by atoms with van der Waals surface area (Å²) in [7, 11) is 1.96. The molecule has 0 aromatic carbocycles. The molecule has 1 aromatic rings. The lowest BCUT2D eigenvalue weighted by molar-refractivity contribution is -0.117. The van der Waals surface area contributed by atoms with Gasteiger partial charge in [0.25, 0.3) is 5.91 Å². The highest BCUT2D eigenvalue weighted by atomic mass is 32.1. The van der Waals surface area contributed by atoms with Crippen molar-refractivity contribution in [1.29, 1.82) is 0 Å². The molecule has 2 fully saturated rings. The number of likely N-dealkylation sites (N-methyl/N-ethyl adjacent to an activating group) is 1. The summed E-state index contributed by atoms with van der Waals surface area (Å²) in [5.41, 5.74) is 1.06. The average Bonchev–Trinajstić information content (AvgIpc) is 3.70. The van der Waals surface area contributed by atoms with Crippen molar-refractivity contribution in [1.82, 2.24) is 15.5 Å². The van der Waals surface area contributed by atoms with Crippen molar-refractivity contribution in [2.45, 2.75) is 84.3 Å². The highest BCUT2D eigenvalue weighted by molar-refractivity contribution is 7.17. The molecule has 4 rings (SSSR count). The minimum Gasteiger partial charge on any atom is -0.444 e. The van der Waals surface area contributed by atoms with Crippen molar-refractivity contribution in [3.63, 3.8) is 0 Å². The molecule has 8 nitrogen and oxygen atoms in total. The van der Waals surface area contributed by atoms with E-state index in [4.69, 9.17) is 4.74 Å². The standard InChI is InChI=1S/C26H38N4O4S/c1-6-20(28-25(33)34-26(2,3)4)30(5)17-11-12-19-18(13-17)21(23(32)27-14-15-7-8-15)24(35-19)29-22(31)16-9-10-16/h6,15-17H,7-14H2,1-5H3,(H,27,32)(H,28,33)(H,29,31)/b20-6-. The van der Waals surface area contributed by atoms with Crippen LogP contribution in [0.5, 0.6) is 0 Å². The van der Waals surface area contributed by atoms with E-state index in [-0.39, 0.29) is 23.8 Å². The van der Waals surface area contributed by atoms with Gasteiger partial charge in [0.05, 0.1) is 5.56 Å². The minimum atomic E-state index is -0.581. The summed E-state index contributed by atoms with van der Waals surface area (Å²) in [6.07, 6.45) is 7.91. The molecular weight excluding hydrogens is 464 g/mol. The first-order valence-electron chi connectivity index (χ1n) is 12.7. The molecule has 0 radical (unpaired) electrons. The van der Waals surface area contributed by atoms with Crippen LogP contribution in [0.15, 0.2) is 11.9 Å². The molecule has 1 unspecified atom stereocenters. The summed E-state index contributed by atoms with van der Waals surface area (Å²) in [6, 6.07) is 0.0974. The van der Waals surface area contributed by atoms with Gasteiger partial charge < -0.3 is 20.3 Å². The van der Waals surface area contributed by atoms with Gasteiger partial charge in [-0.05, 0) is 90.2 Å². The number of aryl methyl sites for hydroxylation is 1. The number of carbonyl (C=O) groups is 3. The predicted octanol–water partition coefficient (Wildman–Crippen LogP) is 4.41. The van der Waals surface area contributed by atoms with E-state index in [1.54, 1.807) is 11.3 Å². The molecule has 1 atom stereocenters. The number of nitrogens with one attached hydrogen (secondary N) is 3. The van der Waals surface area contributed by atoms with Gasteiger partial charge in [0.1, 0.15) is 16.4 Å². The molecular formula is C26H38N4O4S. The molecule has 3 aliphatic rings. The maximum Gasteiger partial charge on any atom is 0.413 e. The Hall–Kier alpha value is -2.55. The first-order valence-corrected chi connectivity index (χ1v) is 13.5. The molecule has 0 bridgehead atoms. The van der Waals surface area contributed by atoms with Crippen LogP contribution in [0.2, 0.25) is 0 Å². The second-order valence-electron chi connectivity index (χ2n) is 10.9. The normalized spacial score (nSPS) is 20.0. The van der Waals surface area contributed by atoms with E-state index >= 15 is 0 Å². The fourth-order valence-electron chi connectivity index (χ4n) is 4.40. The van der Waals surface area contributed by atoms with Crippen LogP contribution in [0, 0.1) is 11.8 Å². The molecule has 0 saturated heterocycles. The Kier molecular flexibility index (Phi) is 7.45. The third-order valence-corrected chi connectivity index (χ3v) is 7.93. The molecule has 3 N–H and O–H groups in total. The fraction of sp³-hybridized carbons (Fsp3) is 0.654.